The number of hydrogen-bond acceptors (Lipinski definition) is 3. The van der Waals surface area contributed by atoms with Crippen molar-refractivity contribution in [3.8, 4) is 0 Å². The highest BCUT2D eigenvalue weighted by molar-refractivity contribution is 4.82. The fourth-order valence-corrected chi connectivity index (χ4v) is 2.76. The van der Waals surface area contributed by atoms with E-state index in [4.69, 9.17) is 4.74 Å². The number of nitrogens with zero attached hydrogens (tertiary/aromatic N) is 1. The lowest BCUT2D eigenvalue weighted by molar-refractivity contribution is 0.143. The summed E-state index contributed by atoms with van der Waals surface area (Å²) in [7, 11) is 1.78. The van der Waals surface area contributed by atoms with E-state index in [-0.39, 0.29) is 0 Å². The fraction of sp³-hybridized carbons (Fsp3) is 1.00. The summed E-state index contributed by atoms with van der Waals surface area (Å²) in [6.45, 7) is 10.4. The predicted octanol–water partition coefficient (Wildman–Crippen LogP) is 2.12. The average Bonchev–Trinajstić information content (AvgIpc) is 2.32. The van der Waals surface area contributed by atoms with Crippen LogP contribution in [0, 0.1) is 5.92 Å². The lowest BCUT2D eigenvalue weighted by atomic mass is 9.93. The molecule has 0 aliphatic carbocycles. The molecule has 1 fully saturated rings. The first-order chi connectivity index (χ1) is 8.27. The molecule has 1 aliphatic heterocycles. The molecule has 0 spiro atoms. The molecule has 3 nitrogen and oxygen atoms in total. The van der Waals surface area contributed by atoms with Crippen molar-refractivity contribution in [2.45, 2.75) is 45.6 Å². The third-order valence-electron chi connectivity index (χ3n) is 3.78. The SMILES string of the molecule is CCNC1CCN(CCCCCOC)CC1C. The van der Waals surface area contributed by atoms with Crippen molar-refractivity contribution in [3.05, 3.63) is 0 Å². The van der Waals surface area contributed by atoms with Gasteiger partial charge in [-0.25, -0.2) is 0 Å². The van der Waals surface area contributed by atoms with Gasteiger partial charge < -0.3 is 15.0 Å². The highest BCUT2D eigenvalue weighted by Crippen LogP contribution is 2.17. The molecule has 1 rings (SSSR count). The summed E-state index contributed by atoms with van der Waals surface area (Å²) in [4.78, 5) is 2.63. The van der Waals surface area contributed by atoms with Crippen molar-refractivity contribution in [3.63, 3.8) is 0 Å². The van der Waals surface area contributed by atoms with Crippen LogP contribution in [0.25, 0.3) is 0 Å². The maximum absolute atomic E-state index is 5.07. The van der Waals surface area contributed by atoms with Gasteiger partial charge in [0.2, 0.25) is 0 Å². The second-order valence-electron chi connectivity index (χ2n) is 5.28. The zero-order valence-corrected chi connectivity index (χ0v) is 11.9. The molecule has 0 aromatic heterocycles. The van der Waals surface area contributed by atoms with Crippen LogP contribution in [0.2, 0.25) is 0 Å². The maximum Gasteiger partial charge on any atom is 0.0462 e. The van der Waals surface area contributed by atoms with E-state index >= 15 is 0 Å². The van der Waals surface area contributed by atoms with Gasteiger partial charge in [0.25, 0.3) is 0 Å². The summed E-state index contributed by atoms with van der Waals surface area (Å²) in [5.74, 6) is 0.794. The Hall–Kier alpha value is -0.120. The van der Waals surface area contributed by atoms with E-state index in [0.717, 1.165) is 25.1 Å². The number of unbranched alkanes of at least 4 members (excludes halogenated alkanes) is 2. The number of hydrogen-bond donors (Lipinski definition) is 1. The molecule has 1 heterocycles. The zero-order chi connectivity index (χ0) is 12.5. The molecule has 1 N–H and O–H groups in total. The Kier molecular flexibility index (Phi) is 7.82. The third-order valence-corrected chi connectivity index (χ3v) is 3.78. The Morgan fingerprint density at radius 3 is 2.76 bits per heavy atom. The number of rotatable bonds is 8. The first-order valence-corrected chi connectivity index (χ1v) is 7.22. The fourth-order valence-electron chi connectivity index (χ4n) is 2.76. The smallest absolute Gasteiger partial charge is 0.0462 e. The van der Waals surface area contributed by atoms with Gasteiger partial charge in [0.15, 0.2) is 0 Å². The number of methoxy groups -OCH3 is 1. The quantitative estimate of drug-likeness (QED) is 0.660. The van der Waals surface area contributed by atoms with E-state index in [2.05, 4.69) is 24.1 Å². The Morgan fingerprint density at radius 1 is 1.29 bits per heavy atom. The molecular weight excluding hydrogens is 212 g/mol. The summed E-state index contributed by atoms with van der Waals surface area (Å²) in [5.41, 5.74) is 0. The molecule has 17 heavy (non-hydrogen) atoms. The minimum atomic E-state index is 0.741. The van der Waals surface area contributed by atoms with E-state index in [1.54, 1.807) is 7.11 Å². The van der Waals surface area contributed by atoms with E-state index in [0.29, 0.717) is 0 Å². The highest BCUT2D eigenvalue weighted by atomic mass is 16.5. The molecular formula is C14H30N2O. The normalized spacial score (nSPS) is 26.3. The first kappa shape index (κ1) is 14.9. The van der Waals surface area contributed by atoms with Gasteiger partial charge in [0.1, 0.15) is 0 Å². The van der Waals surface area contributed by atoms with Gasteiger partial charge in [0.05, 0.1) is 0 Å². The van der Waals surface area contributed by atoms with Gasteiger partial charge in [-0.2, -0.15) is 0 Å². The van der Waals surface area contributed by atoms with Gasteiger partial charge in [-0.15, -0.1) is 0 Å². The molecule has 2 atom stereocenters. The van der Waals surface area contributed by atoms with Crippen molar-refractivity contribution in [1.29, 1.82) is 0 Å². The second kappa shape index (κ2) is 8.90. The van der Waals surface area contributed by atoms with Crippen molar-refractivity contribution in [2.24, 2.45) is 5.92 Å². The van der Waals surface area contributed by atoms with Crippen molar-refractivity contribution >= 4 is 0 Å². The number of likely N-dealkylation sites (tertiary alicyclic amines) is 1. The summed E-state index contributed by atoms with van der Waals surface area (Å²) in [6, 6.07) is 0.741. The van der Waals surface area contributed by atoms with E-state index in [9.17, 15) is 0 Å². The van der Waals surface area contributed by atoms with Crippen LogP contribution in [-0.2, 0) is 4.74 Å². The zero-order valence-electron chi connectivity index (χ0n) is 11.9. The molecule has 0 bridgehead atoms. The molecule has 2 unspecified atom stereocenters. The van der Waals surface area contributed by atoms with Crippen LogP contribution in [0.1, 0.15) is 39.5 Å². The summed E-state index contributed by atoms with van der Waals surface area (Å²) in [5, 5.41) is 3.60. The standard InChI is InChI=1S/C14H30N2O/c1-4-15-14-8-10-16(12-13(14)2)9-6-5-7-11-17-3/h13-15H,4-12H2,1-3H3. The first-order valence-electron chi connectivity index (χ1n) is 7.22. The van der Waals surface area contributed by atoms with Crippen LogP contribution in [0.5, 0.6) is 0 Å². The van der Waals surface area contributed by atoms with E-state index < -0.39 is 0 Å². The van der Waals surface area contributed by atoms with Crippen molar-refractivity contribution in [1.82, 2.24) is 10.2 Å². The van der Waals surface area contributed by atoms with Crippen LogP contribution in [-0.4, -0.2) is 50.8 Å². The lowest BCUT2D eigenvalue weighted by Crippen LogP contribution is -2.48. The Balaban J connectivity index is 2.08. The van der Waals surface area contributed by atoms with Gasteiger partial charge in [0, 0.05) is 26.3 Å². The average molecular weight is 242 g/mol. The highest BCUT2D eigenvalue weighted by Gasteiger charge is 2.24. The van der Waals surface area contributed by atoms with Crippen LogP contribution in [0.4, 0.5) is 0 Å². The van der Waals surface area contributed by atoms with Crippen LogP contribution in [0.15, 0.2) is 0 Å². The topological polar surface area (TPSA) is 24.5 Å². The predicted molar refractivity (Wildman–Crippen MR) is 73.4 cm³/mol. The summed E-state index contributed by atoms with van der Waals surface area (Å²) >= 11 is 0. The third kappa shape index (κ3) is 5.84. The van der Waals surface area contributed by atoms with Gasteiger partial charge in [-0.1, -0.05) is 13.8 Å². The summed E-state index contributed by atoms with van der Waals surface area (Å²) in [6.07, 6.45) is 5.14. The lowest BCUT2D eigenvalue weighted by Gasteiger charge is -2.37. The Labute approximate surface area is 107 Å². The monoisotopic (exact) mass is 242 g/mol. The molecule has 0 aromatic carbocycles. The minimum absolute atomic E-state index is 0.741. The molecule has 0 aromatic rings. The van der Waals surface area contributed by atoms with E-state index in [1.165, 1.54) is 45.3 Å². The molecule has 0 saturated carbocycles. The second-order valence-corrected chi connectivity index (χ2v) is 5.28. The summed E-state index contributed by atoms with van der Waals surface area (Å²) < 4.78 is 5.07. The Morgan fingerprint density at radius 2 is 2.12 bits per heavy atom. The molecule has 1 aliphatic rings. The largest absolute Gasteiger partial charge is 0.385 e. The van der Waals surface area contributed by atoms with Crippen molar-refractivity contribution < 1.29 is 4.74 Å². The maximum atomic E-state index is 5.07. The minimum Gasteiger partial charge on any atom is -0.385 e. The molecule has 102 valence electrons. The van der Waals surface area contributed by atoms with Crippen LogP contribution >= 0.6 is 0 Å². The van der Waals surface area contributed by atoms with Crippen LogP contribution < -0.4 is 5.32 Å². The van der Waals surface area contributed by atoms with Crippen LogP contribution in [0.3, 0.4) is 0 Å². The Bertz CT molecular complexity index is 187. The number of piperidine rings is 1. The van der Waals surface area contributed by atoms with Gasteiger partial charge in [-0.05, 0) is 51.2 Å². The number of ether oxygens (including phenoxy) is 1. The van der Waals surface area contributed by atoms with Gasteiger partial charge in [-0.3, -0.25) is 0 Å². The van der Waals surface area contributed by atoms with Crippen molar-refractivity contribution in [2.75, 3.05) is 39.9 Å². The molecule has 0 radical (unpaired) electrons. The van der Waals surface area contributed by atoms with Gasteiger partial charge >= 0.3 is 0 Å². The molecule has 3 heteroatoms. The number of nitrogens with one attached hydrogen (secondary N) is 1. The molecule has 0 amide bonds. The molecule has 1 saturated heterocycles. The van der Waals surface area contributed by atoms with E-state index in [1.807, 2.05) is 0 Å².